The van der Waals surface area contributed by atoms with Crippen LogP contribution in [0.3, 0.4) is 0 Å². The molecule has 0 bridgehead atoms. The molecule has 7 heteroatoms. The third-order valence-corrected chi connectivity index (χ3v) is 3.87. The minimum absolute atomic E-state index is 0.0609. The first kappa shape index (κ1) is 15.0. The van der Waals surface area contributed by atoms with Gasteiger partial charge in [0.2, 0.25) is 0 Å². The molecule has 0 saturated carbocycles. The molecule has 0 aliphatic rings. The van der Waals surface area contributed by atoms with Crippen molar-refractivity contribution in [3.8, 4) is 0 Å². The van der Waals surface area contributed by atoms with Crippen molar-refractivity contribution in [3.63, 3.8) is 0 Å². The van der Waals surface area contributed by atoms with Gasteiger partial charge in [-0.3, -0.25) is 0 Å². The van der Waals surface area contributed by atoms with Crippen LogP contribution in [0.15, 0.2) is 23.4 Å². The van der Waals surface area contributed by atoms with Crippen LogP contribution in [0.25, 0.3) is 0 Å². The summed E-state index contributed by atoms with van der Waals surface area (Å²) in [7, 11) is -2.12. The fraction of sp³-hybridized carbons (Fsp3) is 0.545. The molecule has 0 radical (unpaired) electrons. The summed E-state index contributed by atoms with van der Waals surface area (Å²) in [6.45, 7) is 2.01. The summed E-state index contributed by atoms with van der Waals surface area (Å²) in [5, 5.41) is 8.80. The maximum Gasteiger partial charge on any atom is 0.258 e. The normalized spacial score (nSPS) is 13.5. The SMILES string of the molecule is CCC(COC)NS(=O)(=O)c1ccc(CO)cn1. The van der Waals surface area contributed by atoms with Gasteiger partial charge in [0.05, 0.1) is 13.2 Å². The monoisotopic (exact) mass is 274 g/mol. The van der Waals surface area contributed by atoms with Gasteiger partial charge in [-0.25, -0.2) is 18.1 Å². The van der Waals surface area contributed by atoms with Gasteiger partial charge >= 0.3 is 0 Å². The van der Waals surface area contributed by atoms with E-state index in [1.54, 1.807) is 0 Å². The van der Waals surface area contributed by atoms with Gasteiger partial charge in [-0.1, -0.05) is 13.0 Å². The summed E-state index contributed by atoms with van der Waals surface area (Å²) in [5.41, 5.74) is 0.567. The highest BCUT2D eigenvalue weighted by molar-refractivity contribution is 7.89. The molecule has 0 spiro atoms. The number of aliphatic hydroxyl groups excluding tert-OH is 1. The van der Waals surface area contributed by atoms with E-state index in [1.807, 2.05) is 6.92 Å². The van der Waals surface area contributed by atoms with Crippen LogP contribution in [0, 0.1) is 0 Å². The Morgan fingerprint density at radius 1 is 1.50 bits per heavy atom. The predicted molar refractivity (Wildman–Crippen MR) is 66.4 cm³/mol. The van der Waals surface area contributed by atoms with Gasteiger partial charge in [-0.15, -0.1) is 0 Å². The smallest absolute Gasteiger partial charge is 0.258 e. The van der Waals surface area contributed by atoms with Gasteiger partial charge in [0.25, 0.3) is 10.0 Å². The van der Waals surface area contributed by atoms with Crippen LogP contribution in [0.2, 0.25) is 0 Å². The summed E-state index contributed by atoms with van der Waals surface area (Å²) in [5.74, 6) is 0. The molecular weight excluding hydrogens is 256 g/mol. The molecule has 1 aromatic heterocycles. The molecule has 0 amide bonds. The Bertz CT molecular complexity index is 458. The van der Waals surface area contributed by atoms with E-state index in [9.17, 15) is 8.42 Å². The van der Waals surface area contributed by atoms with Crippen LogP contribution >= 0.6 is 0 Å². The Morgan fingerprint density at radius 3 is 2.67 bits per heavy atom. The van der Waals surface area contributed by atoms with Crippen molar-refractivity contribution in [1.82, 2.24) is 9.71 Å². The van der Waals surface area contributed by atoms with Gasteiger partial charge in [-0.2, -0.15) is 0 Å². The van der Waals surface area contributed by atoms with E-state index in [0.29, 0.717) is 18.6 Å². The van der Waals surface area contributed by atoms with E-state index < -0.39 is 10.0 Å². The summed E-state index contributed by atoms with van der Waals surface area (Å²) in [4.78, 5) is 3.82. The van der Waals surface area contributed by atoms with E-state index in [4.69, 9.17) is 9.84 Å². The number of hydrogen-bond acceptors (Lipinski definition) is 5. The average molecular weight is 274 g/mol. The first-order valence-electron chi connectivity index (χ1n) is 5.60. The van der Waals surface area contributed by atoms with Crippen molar-refractivity contribution in [3.05, 3.63) is 23.9 Å². The number of methoxy groups -OCH3 is 1. The topological polar surface area (TPSA) is 88.5 Å². The van der Waals surface area contributed by atoms with Crippen LogP contribution in [0.4, 0.5) is 0 Å². The van der Waals surface area contributed by atoms with E-state index >= 15 is 0 Å². The Labute approximate surface area is 107 Å². The quantitative estimate of drug-likeness (QED) is 0.745. The summed E-state index contributed by atoms with van der Waals surface area (Å²) < 4.78 is 31.4. The van der Waals surface area contributed by atoms with E-state index in [2.05, 4.69) is 9.71 Å². The van der Waals surface area contributed by atoms with Gasteiger partial charge < -0.3 is 9.84 Å². The zero-order chi connectivity index (χ0) is 13.6. The van der Waals surface area contributed by atoms with Gasteiger partial charge in [-0.05, 0) is 18.1 Å². The number of ether oxygens (including phenoxy) is 1. The molecule has 6 nitrogen and oxygen atoms in total. The third kappa shape index (κ3) is 4.02. The molecule has 0 aliphatic carbocycles. The summed E-state index contributed by atoms with van der Waals surface area (Å²) in [6.07, 6.45) is 1.97. The van der Waals surface area contributed by atoms with Gasteiger partial charge in [0.1, 0.15) is 0 Å². The second-order valence-electron chi connectivity index (χ2n) is 3.84. The molecule has 0 aliphatic heterocycles. The molecule has 1 heterocycles. The number of hydrogen-bond donors (Lipinski definition) is 2. The fourth-order valence-corrected chi connectivity index (χ4v) is 2.61. The van der Waals surface area contributed by atoms with Crippen molar-refractivity contribution >= 4 is 10.0 Å². The average Bonchev–Trinajstić information content (AvgIpc) is 2.38. The minimum atomic E-state index is -3.64. The molecule has 2 N–H and O–H groups in total. The first-order valence-corrected chi connectivity index (χ1v) is 7.08. The Kier molecular flexibility index (Phi) is 5.67. The van der Waals surface area contributed by atoms with Crippen molar-refractivity contribution in [1.29, 1.82) is 0 Å². The summed E-state index contributed by atoms with van der Waals surface area (Å²) in [6, 6.07) is 2.62. The lowest BCUT2D eigenvalue weighted by molar-refractivity contribution is 0.173. The highest BCUT2D eigenvalue weighted by atomic mass is 32.2. The highest BCUT2D eigenvalue weighted by Crippen LogP contribution is 2.08. The van der Waals surface area contributed by atoms with Crippen molar-refractivity contribution in [2.24, 2.45) is 0 Å². The number of aliphatic hydroxyl groups is 1. The number of aromatic nitrogens is 1. The van der Waals surface area contributed by atoms with Crippen LogP contribution in [-0.2, 0) is 21.4 Å². The Morgan fingerprint density at radius 2 is 2.22 bits per heavy atom. The Balaban J connectivity index is 2.84. The number of nitrogens with zero attached hydrogens (tertiary/aromatic N) is 1. The largest absolute Gasteiger partial charge is 0.392 e. The predicted octanol–water partition coefficient (Wildman–Crippen LogP) is 0.277. The van der Waals surface area contributed by atoms with E-state index in [1.165, 1.54) is 25.4 Å². The minimum Gasteiger partial charge on any atom is -0.392 e. The molecule has 1 unspecified atom stereocenters. The number of sulfonamides is 1. The zero-order valence-corrected chi connectivity index (χ0v) is 11.3. The maximum absolute atomic E-state index is 12.0. The van der Waals surface area contributed by atoms with Gasteiger partial charge in [0, 0.05) is 19.3 Å². The molecule has 1 atom stereocenters. The molecule has 0 saturated heterocycles. The molecular formula is C11H18N2O4S. The van der Waals surface area contributed by atoms with Crippen LogP contribution in [-0.4, -0.2) is 38.3 Å². The summed E-state index contributed by atoms with van der Waals surface area (Å²) >= 11 is 0. The lowest BCUT2D eigenvalue weighted by Gasteiger charge is -2.15. The molecule has 0 aromatic carbocycles. The van der Waals surface area contributed by atoms with Gasteiger partial charge in [0.15, 0.2) is 5.03 Å². The lowest BCUT2D eigenvalue weighted by Crippen LogP contribution is -2.37. The van der Waals surface area contributed by atoms with Crippen molar-refractivity contribution in [2.45, 2.75) is 31.0 Å². The molecule has 0 fully saturated rings. The number of pyridine rings is 1. The number of nitrogens with one attached hydrogen (secondary N) is 1. The van der Waals surface area contributed by atoms with Crippen molar-refractivity contribution < 1.29 is 18.3 Å². The zero-order valence-electron chi connectivity index (χ0n) is 10.5. The highest BCUT2D eigenvalue weighted by Gasteiger charge is 2.20. The molecule has 102 valence electrons. The lowest BCUT2D eigenvalue weighted by atomic mass is 10.3. The molecule has 1 rings (SSSR count). The third-order valence-electron chi connectivity index (χ3n) is 2.44. The maximum atomic E-state index is 12.0. The molecule has 18 heavy (non-hydrogen) atoms. The second-order valence-corrected chi connectivity index (χ2v) is 5.51. The Hall–Kier alpha value is -1.02. The first-order chi connectivity index (χ1) is 8.53. The van der Waals surface area contributed by atoms with Crippen LogP contribution in [0.5, 0.6) is 0 Å². The van der Waals surface area contributed by atoms with Crippen molar-refractivity contribution in [2.75, 3.05) is 13.7 Å². The second kappa shape index (κ2) is 6.79. The van der Waals surface area contributed by atoms with E-state index in [-0.39, 0.29) is 17.7 Å². The standard InChI is InChI=1S/C11H18N2O4S/c1-3-10(8-17-2)13-18(15,16)11-5-4-9(7-14)6-12-11/h4-6,10,13-14H,3,7-8H2,1-2H3. The van der Waals surface area contributed by atoms with Crippen LogP contribution < -0.4 is 4.72 Å². The fourth-order valence-electron chi connectivity index (χ4n) is 1.38. The van der Waals surface area contributed by atoms with Crippen LogP contribution in [0.1, 0.15) is 18.9 Å². The molecule has 1 aromatic rings. The van der Waals surface area contributed by atoms with E-state index in [0.717, 1.165) is 0 Å². The number of rotatable bonds is 7.